The lowest BCUT2D eigenvalue weighted by atomic mass is 10.1. The lowest BCUT2D eigenvalue weighted by molar-refractivity contribution is 0.0697. The van der Waals surface area contributed by atoms with Crippen LogP contribution >= 0.6 is 11.3 Å². The number of carboxylic acids is 1. The smallest absolute Gasteiger partial charge is 0.335 e. The van der Waals surface area contributed by atoms with Gasteiger partial charge < -0.3 is 9.67 Å². The molecule has 0 spiro atoms. The van der Waals surface area contributed by atoms with Crippen LogP contribution in [0, 0.1) is 0 Å². The third-order valence-corrected chi connectivity index (χ3v) is 4.33. The number of carbonyl (C=O) groups is 1. The van der Waals surface area contributed by atoms with E-state index in [1.807, 2.05) is 35.9 Å². The van der Waals surface area contributed by atoms with Crippen molar-refractivity contribution in [3.05, 3.63) is 64.5 Å². The summed E-state index contributed by atoms with van der Waals surface area (Å²) in [7, 11) is 1.95. The van der Waals surface area contributed by atoms with Gasteiger partial charge >= 0.3 is 5.97 Å². The van der Waals surface area contributed by atoms with Gasteiger partial charge in [-0.25, -0.2) is 4.79 Å². The molecule has 0 radical (unpaired) electrons. The van der Waals surface area contributed by atoms with Gasteiger partial charge in [-0.3, -0.25) is 0 Å². The van der Waals surface area contributed by atoms with Gasteiger partial charge in [-0.1, -0.05) is 35.6 Å². The van der Waals surface area contributed by atoms with Crippen molar-refractivity contribution in [2.45, 2.75) is 0 Å². The quantitative estimate of drug-likeness (QED) is 0.597. The maximum absolute atomic E-state index is 10.8. The van der Waals surface area contributed by atoms with E-state index in [1.54, 1.807) is 41.8 Å². The zero-order chi connectivity index (χ0) is 15.5. The summed E-state index contributed by atoms with van der Waals surface area (Å²) in [4.78, 5) is 11.6. The molecule has 0 aliphatic heterocycles. The highest BCUT2D eigenvalue weighted by Crippen LogP contribution is 2.15. The van der Waals surface area contributed by atoms with Crippen LogP contribution in [0.15, 0.2) is 58.7 Å². The molecule has 1 N–H and O–H groups in total. The molecule has 1 heterocycles. The lowest BCUT2D eigenvalue weighted by Crippen LogP contribution is -2.08. The van der Waals surface area contributed by atoms with E-state index in [2.05, 4.69) is 10.2 Å². The number of hydrogen-bond acceptors (Lipinski definition) is 4. The molecule has 0 unspecified atom stereocenters. The number of thiazole rings is 1. The van der Waals surface area contributed by atoms with Gasteiger partial charge in [0, 0.05) is 7.05 Å². The maximum Gasteiger partial charge on any atom is 0.335 e. The average Bonchev–Trinajstić information content (AvgIpc) is 2.85. The molecule has 0 aliphatic rings. The fourth-order valence-corrected chi connectivity index (χ4v) is 3.01. The number of hydrogen-bond donors (Lipinski definition) is 1. The Balaban J connectivity index is 1.88. The first kappa shape index (κ1) is 14.2. The minimum Gasteiger partial charge on any atom is -0.478 e. The van der Waals surface area contributed by atoms with Crippen molar-refractivity contribution in [3.63, 3.8) is 0 Å². The number of nitrogens with zero attached hydrogens (tertiary/aromatic N) is 3. The zero-order valence-corrected chi connectivity index (χ0v) is 12.6. The Hall–Kier alpha value is -2.73. The van der Waals surface area contributed by atoms with Crippen molar-refractivity contribution in [1.82, 2.24) is 4.57 Å². The Kier molecular flexibility index (Phi) is 3.84. The number of benzene rings is 2. The van der Waals surface area contributed by atoms with Crippen LogP contribution in [0.25, 0.3) is 10.2 Å². The molecule has 0 atom stereocenters. The van der Waals surface area contributed by atoms with Crippen LogP contribution < -0.4 is 4.80 Å². The Morgan fingerprint density at radius 2 is 1.91 bits per heavy atom. The monoisotopic (exact) mass is 311 g/mol. The molecule has 6 heteroatoms. The third kappa shape index (κ3) is 2.82. The minimum absolute atomic E-state index is 0.255. The Morgan fingerprint density at radius 3 is 2.59 bits per heavy atom. The van der Waals surface area contributed by atoms with E-state index in [-0.39, 0.29) is 5.56 Å². The minimum atomic E-state index is -0.939. The van der Waals surface area contributed by atoms with Crippen molar-refractivity contribution < 1.29 is 9.90 Å². The normalized spacial score (nSPS) is 12.3. The molecule has 0 amide bonds. The highest BCUT2D eigenvalue weighted by Gasteiger charge is 2.01. The fourth-order valence-electron chi connectivity index (χ4n) is 2.03. The van der Waals surface area contributed by atoms with Gasteiger partial charge in [-0.05, 0) is 29.8 Å². The van der Waals surface area contributed by atoms with Gasteiger partial charge in [0.2, 0.25) is 4.80 Å². The molecule has 3 aromatic rings. The summed E-state index contributed by atoms with van der Waals surface area (Å²) in [6, 6.07) is 14.6. The Labute approximate surface area is 130 Å². The fraction of sp³-hybridized carbons (Fsp3) is 0.0625. The molecule has 5 nitrogen and oxygen atoms in total. The molecule has 1 aromatic heterocycles. The Bertz CT molecular complexity index is 920. The van der Waals surface area contributed by atoms with Gasteiger partial charge in [-0.2, -0.15) is 5.10 Å². The van der Waals surface area contributed by atoms with E-state index < -0.39 is 5.97 Å². The highest BCUT2D eigenvalue weighted by atomic mass is 32.1. The molecule has 2 aromatic carbocycles. The van der Waals surface area contributed by atoms with E-state index in [1.165, 1.54) is 0 Å². The van der Waals surface area contributed by atoms with Gasteiger partial charge in [0.25, 0.3) is 0 Å². The predicted molar refractivity (Wildman–Crippen MR) is 87.4 cm³/mol. The van der Waals surface area contributed by atoms with Crippen LogP contribution in [0.1, 0.15) is 15.9 Å². The van der Waals surface area contributed by atoms with Crippen LogP contribution in [0.2, 0.25) is 0 Å². The first-order chi connectivity index (χ1) is 10.6. The number of rotatable bonds is 3. The second-order valence-corrected chi connectivity index (χ2v) is 5.69. The van der Waals surface area contributed by atoms with Gasteiger partial charge in [0.1, 0.15) is 0 Å². The van der Waals surface area contributed by atoms with Gasteiger partial charge in [0.15, 0.2) is 0 Å². The van der Waals surface area contributed by atoms with Crippen LogP contribution in [0.5, 0.6) is 0 Å². The lowest BCUT2D eigenvalue weighted by Gasteiger charge is -1.94. The summed E-state index contributed by atoms with van der Waals surface area (Å²) >= 11 is 1.57. The predicted octanol–water partition coefficient (Wildman–Crippen LogP) is 2.87. The number of fused-ring (bicyclic) bond motifs is 1. The molecule has 0 bridgehead atoms. The van der Waals surface area contributed by atoms with Crippen molar-refractivity contribution in [2.75, 3.05) is 0 Å². The highest BCUT2D eigenvalue weighted by molar-refractivity contribution is 7.16. The average molecular weight is 311 g/mol. The van der Waals surface area contributed by atoms with E-state index >= 15 is 0 Å². The summed E-state index contributed by atoms with van der Waals surface area (Å²) in [5.74, 6) is -0.939. The molecule has 110 valence electrons. The maximum atomic E-state index is 10.8. The Morgan fingerprint density at radius 1 is 1.18 bits per heavy atom. The van der Waals surface area contributed by atoms with Crippen LogP contribution in [-0.4, -0.2) is 21.9 Å². The number of aromatic carboxylic acids is 1. The standard InChI is InChI=1S/C16H13N3O2S/c1-19-13-4-2-3-5-14(13)22-16(19)18-17-10-11-6-8-12(9-7-11)15(20)21/h2-10H,1H3,(H,20,21)/b17-10?,18-16-. The molecule has 0 aliphatic carbocycles. The van der Waals surface area contributed by atoms with E-state index in [0.29, 0.717) is 0 Å². The van der Waals surface area contributed by atoms with E-state index in [4.69, 9.17) is 5.11 Å². The number of aryl methyl sites for hydroxylation is 1. The van der Waals surface area contributed by atoms with Crippen LogP contribution in [-0.2, 0) is 7.05 Å². The molecule has 0 saturated carbocycles. The second kappa shape index (κ2) is 5.95. The number of carboxylic acid groups (broad SMARTS) is 1. The largest absolute Gasteiger partial charge is 0.478 e. The van der Waals surface area contributed by atoms with Gasteiger partial charge in [0.05, 0.1) is 22.0 Å². The van der Waals surface area contributed by atoms with Crippen molar-refractivity contribution in [2.24, 2.45) is 17.3 Å². The van der Waals surface area contributed by atoms with Gasteiger partial charge in [-0.15, -0.1) is 5.10 Å². The topological polar surface area (TPSA) is 67.0 Å². The summed E-state index contributed by atoms with van der Waals surface area (Å²) in [6.45, 7) is 0. The molecule has 22 heavy (non-hydrogen) atoms. The summed E-state index contributed by atoms with van der Waals surface area (Å²) in [6.07, 6.45) is 1.61. The summed E-state index contributed by atoms with van der Waals surface area (Å²) < 4.78 is 3.15. The number of aromatic nitrogens is 1. The molecule has 3 rings (SSSR count). The first-order valence-corrected chi connectivity index (χ1v) is 7.42. The molecule has 0 fully saturated rings. The van der Waals surface area contributed by atoms with Crippen molar-refractivity contribution in [1.29, 1.82) is 0 Å². The number of para-hydroxylation sites is 1. The SMILES string of the molecule is Cn1/c(=N/N=Cc2ccc(C(=O)O)cc2)sc2ccccc21. The molecular weight excluding hydrogens is 298 g/mol. The molecule has 0 saturated heterocycles. The van der Waals surface area contributed by atoms with Crippen LogP contribution in [0.3, 0.4) is 0 Å². The van der Waals surface area contributed by atoms with E-state index in [9.17, 15) is 4.79 Å². The van der Waals surface area contributed by atoms with Crippen molar-refractivity contribution in [3.8, 4) is 0 Å². The van der Waals surface area contributed by atoms with Crippen molar-refractivity contribution >= 4 is 33.7 Å². The summed E-state index contributed by atoms with van der Waals surface area (Å²) in [5, 5.41) is 17.2. The summed E-state index contributed by atoms with van der Waals surface area (Å²) in [5.41, 5.74) is 2.18. The third-order valence-electron chi connectivity index (χ3n) is 3.22. The second-order valence-electron chi connectivity index (χ2n) is 4.68. The zero-order valence-electron chi connectivity index (χ0n) is 11.8. The van der Waals surface area contributed by atoms with Crippen LogP contribution in [0.4, 0.5) is 0 Å². The molecular formula is C16H13N3O2S. The first-order valence-electron chi connectivity index (χ1n) is 6.60. The van der Waals surface area contributed by atoms with E-state index in [0.717, 1.165) is 20.6 Å².